The van der Waals surface area contributed by atoms with E-state index in [1.165, 1.54) is 0 Å². The lowest BCUT2D eigenvalue weighted by Gasteiger charge is -2.32. The maximum absolute atomic E-state index is 11.4. The molecule has 96 valence electrons. The van der Waals surface area contributed by atoms with Crippen molar-refractivity contribution in [3.05, 3.63) is 12.2 Å². The molecule has 0 aliphatic carbocycles. The number of hydrogen-bond acceptors (Lipinski definition) is 3. The molecule has 0 aromatic rings. The molecule has 0 saturated carbocycles. The van der Waals surface area contributed by atoms with Crippen molar-refractivity contribution in [1.29, 1.82) is 0 Å². The van der Waals surface area contributed by atoms with Gasteiger partial charge in [0.25, 0.3) is 0 Å². The maximum atomic E-state index is 11.4. The minimum Gasteiger partial charge on any atom is -0.393 e. The van der Waals surface area contributed by atoms with Crippen LogP contribution in [0.3, 0.4) is 0 Å². The highest BCUT2D eigenvalue weighted by atomic mass is 16.6. The molecule has 1 saturated heterocycles. The Morgan fingerprint density at radius 1 is 1.53 bits per heavy atom. The van der Waals surface area contributed by atoms with E-state index in [2.05, 4.69) is 39.0 Å². The van der Waals surface area contributed by atoms with Gasteiger partial charge in [-0.25, -0.2) is 0 Å². The lowest BCUT2D eigenvalue weighted by atomic mass is 9.72. The van der Waals surface area contributed by atoms with Gasteiger partial charge in [-0.05, 0) is 17.8 Å². The molecule has 0 spiro atoms. The van der Waals surface area contributed by atoms with Crippen LogP contribution in [-0.4, -0.2) is 11.9 Å². The Morgan fingerprint density at radius 3 is 2.53 bits per heavy atom. The van der Waals surface area contributed by atoms with Crippen LogP contribution in [0.5, 0.6) is 0 Å². The van der Waals surface area contributed by atoms with Crippen molar-refractivity contribution in [2.45, 2.75) is 47.0 Å². The van der Waals surface area contributed by atoms with Crippen molar-refractivity contribution in [1.82, 2.24) is 0 Å². The number of esters is 2. The van der Waals surface area contributed by atoms with Gasteiger partial charge in [0.2, 0.25) is 0 Å². The van der Waals surface area contributed by atoms with Crippen LogP contribution in [0.15, 0.2) is 12.2 Å². The van der Waals surface area contributed by atoms with Crippen LogP contribution in [0.2, 0.25) is 0 Å². The minimum absolute atomic E-state index is 0.170. The second-order valence-corrected chi connectivity index (χ2v) is 5.62. The quantitative estimate of drug-likeness (QED) is 0.420. The van der Waals surface area contributed by atoms with Gasteiger partial charge in [-0.1, -0.05) is 46.3 Å². The fourth-order valence-corrected chi connectivity index (χ4v) is 2.03. The zero-order chi connectivity index (χ0) is 13.2. The van der Waals surface area contributed by atoms with Crippen LogP contribution in [0, 0.1) is 17.3 Å². The largest absolute Gasteiger partial charge is 0.393 e. The molecule has 1 aliphatic rings. The van der Waals surface area contributed by atoms with Crippen LogP contribution in [0.4, 0.5) is 0 Å². The Kier molecular flexibility index (Phi) is 4.12. The van der Waals surface area contributed by atoms with Gasteiger partial charge in [0.05, 0.1) is 12.3 Å². The molecule has 1 fully saturated rings. The summed E-state index contributed by atoms with van der Waals surface area (Å²) in [5, 5.41) is 0. The summed E-state index contributed by atoms with van der Waals surface area (Å²) in [7, 11) is 0. The molecule has 2 atom stereocenters. The smallest absolute Gasteiger partial charge is 0.317 e. The number of rotatable bonds is 5. The van der Waals surface area contributed by atoms with E-state index in [9.17, 15) is 9.59 Å². The van der Waals surface area contributed by atoms with E-state index in [0.717, 1.165) is 12.0 Å². The van der Waals surface area contributed by atoms with Crippen molar-refractivity contribution in [3.63, 3.8) is 0 Å². The second-order valence-electron chi connectivity index (χ2n) is 5.62. The first-order valence-corrected chi connectivity index (χ1v) is 6.20. The third-order valence-corrected chi connectivity index (χ3v) is 4.17. The normalized spacial score (nSPS) is 22.5. The number of ether oxygens (including phenoxy) is 1. The predicted octanol–water partition coefficient (Wildman–Crippen LogP) is 3.09. The highest BCUT2D eigenvalue weighted by Gasteiger charge is 2.35. The molecule has 2 unspecified atom stereocenters. The summed E-state index contributed by atoms with van der Waals surface area (Å²) in [5.74, 6) is -0.783. The predicted molar refractivity (Wildman–Crippen MR) is 66.2 cm³/mol. The maximum Gasteiger partial charge on any atom is 0.317 e. The first kappa shape index (κ1) is 13.9. The zero-order valence-corrected chi connectivity index (χ0v) is 11.2. The average molecular weight is 238 g/mol. The summed E-state index contributed by atoms with van der Waals surface area (Å²) >= 11 is 0. The van der Waals surface area contributed by atoms with Gasteiger partial charge in [0.1, 0.15) is 0 Å². The molecule has 0 N–H and O–H groups in total. The van der Waals surface area contributed by atoms with E-state index in [1.54, 1.807) is 0 Å². The molecule has 3 heteroatoms. The van der Waals surface area contributed by atoms with Crippen LogP contribution in [0.1, 0.15) is 47.0 Å². The van der Waals surface area contributed by atoms with Crippen molar-refractivity contribution < 1.29 is 14.3 Å². The minimum atomic E-state index is -0.407. The molecule has 1 rings (SSSR count). The summed E-state index contributed by atoms with van der Waals surface area (Å²) in [5.41, 5.74) is 1.21. The molecular weight excluding hydrogens is 216 g/mol. The van der Waals surface area contributed by atoms with E-state index in [1.807, 2.05) is 0 Å². The van der Waals surface area contributed by atoms with Crippen molar-refractivity contribution >= 4 is 11.9 Å². The molecule has 0 radical (unpaired) electrons. The number of carbonyl (C=O) groups excluding carboxylic acids is 2. The summed E-state index contributed by atoms with van der Waals surface area (Å²) in [4.78, 5) is 22.4. The topological polar surface area (TPSA) is 43.4 Å². The van der Waals surface area contributed by atoms with Crippen molar-refractivity contribution in [2.24, 2.45) is 17.3 Å². The molecule has 17 heavy (non-hydrogen) atoms. The Morgan fingerprint density at radius 2 is 2.12 bits per heavy atom. The molecule has 0 aromatic carbocycles. The summed E-state index contributed by atoms with van der Waals surface area (Å²) in [6.45, 7) is 12.7. The fraction of sp³-hybridized carbons (Fsp3) is 0.714. The molecule has 0 aromatic heterocycles. The Balaban J connectivity index is 2.61. The van der Waals surface area contributed by atoms with Gasteiger partial charge in [0, 0.05) is 0 Å². The first-order chi connectivity index (χ1) is 7.77. The summed E-state index contributed by atoms with van der Waals surface area (Å²) < 4.78 is 4.55. The van der Waals surface area contributed by atoms with E-state index in [0.29, 0.717) is 12.3 Å². The Labute approximate surface area is 103 Å². The first-order valence-electron chi connectivity index (χ1n) is 6.20. The number of hydrogen-bond donors (Lipinski definition) is 0. The van der Waals surface area contributed by atoms with Crippen molar-refractivity contribution in [3.8, 4) is 0 Å². The zero-order valence-electron chi connectivity index (χ0n) is 11.2. The van der Waals surface area contributed by atoms with Gasteiger partial charge in [-0.3, -0.25) is 9.59 Å². The monoisotopic (exact) mass is 238 g/mol. The van der Waals surface area contributed by atoms with Crippen LogP contribution >= 0.6 is 0 Å². The van der Waals surface area contributed by atoms with Gasteiger partial charge < -0.3 is 4.74 Å². The average Bonchev–Trinajstić information content (AvgIpc) is 2.56. The molecule has 0 amide bonds. The van der Waals surface area contributed by atoms with Gasteiger partial charge in [-0.15, -0.1) is 0 Å². The Bertz CT molecular complexity index is 341. The van der Waals surface area contributed by atoms with Crippen LogP contribution in [0.25, 0.3) is 0 Å². The SMILES string of the molecule is C=C(CC1CC(=O)OC1=O)C(C)C(C)(C)CC. The lowest BCUT2D eigenvalue weighted by molar-refractivity contribution is -0.153. The second kappa shape index (κ2) is 5.03. The molecule has 1 aliphatic heterocycles. The molecule has 3 nitrogen and oxygen atoms in total. The van der Waals surface area contributed by atoms with E-state index < -0.39 is 11.9 Å². The van der Waals surface area contributed by atoms with E-state index >= 15 is 0 Å². The molecule has 0 bridgehead atoms. The van der Waals surface area contributed by atoms with Crippen LogP contribution in [-0.2, 0) is 14.3 Å². The highest BCUT2D eigenvalue weighted by Crippen LogP contribution is 2.37. The van der Waals surface area contributed by atoms with Crippen molar-refractivity contribution in [2.75, 3.05) is 0 Å². The summed E-state index contributed by atoms with van der Waals surface area (Å²) in [6, 6.07) is 0. The van der Waals surface area contributed by atoms with Gasteiger partial charge >= 0.3 is 11.9 Å². The third-order valence-electron chi connectivity index (χ3n) is 4.17. The van der Waals surface area contributed by atoms with E-state index in [-0.39, 0.29) is 17.8 Å². The number of allylic oxidation sites excluding steroid dienone is 1. The lowest BCUT2D eigenvalue weighted by Crippen LogP contribution is -2.23. The fourth-order valence-electron chi connectivity index (χ4n) is 2.03. The summed E-state index contributed by atoms with van der Waals surface area (Å²) in [6.07, 6.45) is 1.83. The number of cyclic esters (lactones) is 2. The van der Waals surface area contributed by atoms with Crippen LogP contribution < -0.4 is 0 Å². The highest BCUT2D eigenvalue weighted by molar-refractivity contribution is 5.94. The molecular formula is C14H22O3. The third kappa shape index (κ3) is 3.18. The standard InChI is InChI=1S/C14H22O3/c1-6-14(4,5)10(3)9(2)7-11-8-12(15)17-13(11)16/h10-11H,2,6-8H2,1,3-5H3. The Hall–Kier alpha value is -1.12. The van der Waals surface area contributed by atoms with Gasteiger partial charge in [0.15, 0.2) is 0 Å². The van der Waals surface area contributed by atoms with E-state index in [4.69, 9.17) is 0 Å². The number of carbonyl (C=O) groups is 2. The van der Waals surface area contributed by atoms with Gasteiger partial charge in [-0.2, -0.15) is 0 Å². The molecule has 1 heterocycles.